The first-order chi connectivity index (χ1) is 8.65. The van der Waals surface area contributed by atoms with Gasteiger partial charge in [-0.2, -0.15) is 4.31 Å². The van der Waals surface area contributed by atoms with Crippen LogP contribution in [-0.4, -0.2) is 40.9 Å². The van der Waals surface area contributed by atoms with Gasteiger partial charge < -0.3 is 5.11 Å². The Kier molecular flexibility index (Phi) is 4.26. The fourth-order valence-electron chi connectivity index (χ4n) is 1.64. The van der Waals surface area contributed by atoms with Crippen molar-refractivity contribution in [3.63, 3.8) is 0 Å². The third-order valence-corrected chi connectivity index (χ3v) is 4.78. The summed E-state index contributed by atoms with van der Waals surface area (Å²) < 4.78 is 38.8. The van der Waals surface area contributed by atoms with E-state index in [1.807, 2.05) is 0 Å². The summed E-state index contributed by atoms with van der Waals surface area (Å²) in [6.07, 6.45) is 1.14. The Labute approximate surface area is 110 Å². The molecule has 6 nitrogen and oxygen atoms in total. The summed E-state index contributed by atoms with van der Waals surface area (Å²) in [4.78, 5) is 14.7. The molecule has 0 aliphatic carbocycles. The van der Waals surface area contributed by atoms with Crippen LogP contribution in [0.4, 0.5) is 4.39 Å². The number of carbonyl (C=O) groups is 1. The molecule has 0 saturated carbocycles. The average Bonchev–Trinajstić information content (AvgIpc) is 2.29. The molecule has 0 bridgehead atoms. The first kappa shape index (κ1) is 15.5. The highest BCUT2D eigenvalue weighted by atomic mass is 32.2. The number of rotatable bonds is 5. The topological polar surface area (TPSA) is 87.6 Å². The van der Waals surface area contributed by atoms with E-state index in [1.165, 1.54) is 26.8 Å². The molecule has 0 spiro atoms. The van der Waals surface area contributed by atoms with Gasteiger partial charge in [0, 0.05) is 12.7 Å². The normalized spacial score (nSPS) is 12.7. The van der Waals surface area contributed by atoms with Crippen LogP contribution in [0.15, 0.2) is 23.4 Å². The third kappa shape index (κ3) is 2.74. The summed E-state index contributed by atoms with van der Waals surface area (Å²) >= 11 is 0. The standard InChI is InChI=1S/C11H15FN2O4S/c1-4-14(11(2,3)10(15)16)19(17,18)9-8(12)6-5-7-13-9/h5-7H,4H2,1-3H3,(H,15,16). The second-order valence-corrected chi connectivity index (χ2v) is 6.10. The number of nitrogens with zero attached hydrogens (tertiary/aromatic N) is 2. The molecule has 1 aromatic rings. The molecule has 0 aliphatic heterocycles. The number of carboxylic acid groups (broad SMARTS) is 1. The molecular formula is C11H15FN2O4S. The van der Waals surface area contributed by atoms with E-state index in [1.54, 1.807) is 0 Å². The van der Waals surface area contributed by atoms with Gasteiger partial charge in [-0.25, -0.2) is 17.8 Å². The SMILES string of the molecule is CCN(C(C)(C)C(=O)O)S(=O)(=O)c1ncccc1F. The highest BCUT2D eigenvalue weighted by molar-refractivity contribution is 7.89. The van der Waals surface area contributed by atoms with E-state index >= 15 is 0 Å². The van der Waals surface area contributed by atoms with Crippen molar-refractivity contribution < 1.29 is 22.7 Å². The van der Waals surface area contributed by atoms with E-state index in [2.05, 4.69) is 4.98 Å². The van der Waals surface area contributed by atoms with Crippen LogP contribution in [0.2, 0.25) is 0 Å². The second kappa shape index (κ2) is 5.22. The summed E-state index contributed by atoms with van der Waals surface area (Å²) in [5.74, 6) is -2.34. The van der Waals surface area contributed by atoms with Crippen LogP contribution in [0.25, 0.3) is 0 Å². The van der Waals surface area contributed by atoms with E-state index in [9.17, 15) is 17.6 Å². The van der Waals surface area contributed by atoms with Crippen LogP contribution >= 0.6 is 0 Å². The van der Waals surface area contributed by atoms with Crippen molar-refractivity contribution >= 4 is 16.0 Å². The summed E-state index contributed by atoms with van der Waals surface area (Å²) in [7, 11) is -4.32. The van der Waals surface area contributed by atoms with Gasteiger partial charge in [-0.1, -0.05) is 6.92 Å². The number of carboxylic acids is 1. The average molecular weight is 290 g/mol. The lowest BCUT2D eigenvalue weighted by atomic mass is 10.1. The molecule has 0 radical (unpaired) electrons. The fraction of sp³-hybridized carbons (Fsp3) is 0.455. The molecule has 0 unspecified atom stereocenters. The van der Waals surface area contributed by atoms with Gasteiger partial charge >= 0.3 is 5.97 Å². The van der Waals surface area contributed by atoms with Crippen molar-refractivity contribution in [3.05, 3.63) is 24.1 Å². The smallest absolute Gasteiger partial charge is 0.324 e. The maximum atomic E-state index is 13.6. The van der Waals surface area contributed by atoms with Crippen molar-refractivity contribution in [1.82, 2.24) is 9.29 Å². The van der Waals surface area contributed by atoms with Crippen molar-refractivity contribution in [2.24, 2.45) is 0 Å². The van der Waals surface area contributed by atoms with Crippen LogP contribution in [-0.2, 0) is 14.8 Å². The van der Waals surface area contributed by atoms with Crippen molar-refractivity contribution in [1.29, 1.82) is 0 Å². The van der Waals surface area contributed by atoms with Gasteiger partial charge in [0.1, 0.15) is 5.54 Å². The van der Waals surface area contributed by atoms with E-state index in [4.69, 9.17) is 5.11 Å². The second-order valence-electron chi connectivity index (χ2n) is 4.32. The quantitative estimate of drug-likeness (QED) is 0.877. The Morgan fingerprint density at radius 1 is 1.53 bits per heavy atom. The zero-order valence-electron chi connectivity index (χ0n) is 10.8. The van der Waals surface area contributed by atoms with E-state index in [-0.39, 0.29) is 6.54 Å². The number of pyridine rings is 1. The Bertz CT molecular complexity index is 586. The van der Waals surface area contributed by atoms with Crippen LogP contribution in [0.3, 0.4) is 0 Å². The number of halogens is 1. The lowest BCUT2D eigenvalue weighted by Crippen LogP contribution is -2.53. The number of aromatic nitrogens is 1. The van der Waals surface area contributed by atoms with Crippen molar-refractivity contribution in [3.8, 4) is 0 Å². The molecule has 0 fully saturated rings. The predicted octanol–water partition coefficient (Wildman–Crippen LogP) is 1.09. The van der Waals surface area contributed by atoms with Gasteiger partial charge in [0.05, 0.1) is 0 Å². The zero-order chi connectivity index (χ0) is 14.8. The van der Waals surface area contributed by atoms with Gasteiger partial charge in [-0.15, -0.1) is 0 Å². The number of likely N-dealkylation sites (N-methyl/N-ethyl adjacent to an activating group) is 1. The maximum Gasteiger partial charge on any atom is 0.324 e. The Balaban J connectivity index is 3.41. The molecule has 0 aliphatic rings. The van der Waals surface area contributed by atoms with Crippen LogP contribution in [0.5, 0.6) is 0 Å². The number of sulfonamides is 1. The molecular weight excluding hydrogens is 275 g/mol. The third-order valence-electron chi connectivity index (χ3n) is 2.69. The van der Waals surface area contributed by atoms with Gasteiger partial charge in [0.15, 0.2) is 5.82 Å². The highest BCUT2D eigenvalue weighted by Gasteiger charge is 2.43. The molecule has 19 heavy (non-hydrogen) atoms. The summed E-state index contributed by atoms with van der Waals surface area (Å²) in [6, 6.07) is 2.22. The molecule has 1 aromatic heterocycles. The van der Waals surface area contributed by atoms with Gasteiger partial charge in [-0.05, 0) is 26.0 Å². The van der Waals surface area contributed by atoms with Crippen LogP contribution < -0.4 is 0 Å². The first-order valence-corrected chi connectivity index (χ1v) is 6.96. The van der Waals surface area contributed by atoms with E-state index < -0.39 is 32.4 Å². The number of aliphatic carboxylic acids is 1. The summed E-state index contributed by atoms with van der Waals surface area (Å²) in [5.41, 5.74) is -1.70. The molecule has 0 atom stereocenters. The minimum Gasteiger partial charge on any atom is -0.480 e. The molecule has 1 rings (SSSR count). The van der Waals surface area contributed by atoms with Crippen molar-refractivity contribution in [2.75, 3.05) is 6.54 Å². The minimum absolute atomic E-state index is 0.113. The molecule has 0 aromatic carbocycles. The van der Waals surface area contributed by atoms with Gasteiger partial charge in [-0.3, -0.25) is 4.79 Å². The molecule has 0 saturated heterocycles. The minimum atomic E-state index is -4.32. The van der Waals surface area contributed by atoms with Crippen LogP contribution in [0.1, 0.15) is 20.8 Å². The Morgan fingerprint density at radius 2 is 2.11 bits per heavy atom. The predicted molar refractivity (Wildman–Crippen MR) is 65.5 cm³/mol. The van der Waals surface area contributed by atoms with Crippen molar-refractivity contribution in [2.45, 2.75) is 31.3 Å². The molecule has 0 amide bonds. The molecule has 1 N–H and O–H groups in total. The monoisotopic (exact) mass is 290 g/mol. The first-order valence-electron chi connectivity index (χ1n) is 5.52. The summed E-state index contributed by atoms with van der Waals surface area (Å²) in [5, 5.41) is 8.33. The fourth-order valence-corrected chi connectivity index (χ4v) is 3.37. The summed E-state index contributed by atoms with van der Waals surface area (Å²) in [6.45, 7) is 3.83. The van der Waals surface area contributed by atoms with Gasteiger partial charge in [0.25, 0.3) is 10.0 Å². The Morgan fingerprint density at radius 3 is 2.53 bits per heavy atom. The lowest BCUT2D eigenvalue weighted by Gasteiger charge is -2.32. The van der Waals surface area contributed by atoms with E-state index in [0.717, 1.165) is 12.3 Å². The maximum absolute atomic E-state index is 13.6. The molecule has 8 heteroatoms. The van der Waals surface area contributed by atoms with Gasteiger partial charge in [0.2, 0.25) is 5.03 Å². The van der Waals surface area contributed by atoms with Crippen LogP contribution in [0, 0.1) is 5.82 Å². The highest BCUT2D eigenvalue weighted by Crippen LogP contribution is 2.24. The lowest BCUT2D eigenvalue weighted by molar-refractivity contribution is -0.146. The zero-order valence-corrected chi connectivity index (χ0v) is 11.6. The molecule has 1 heterocycles. The number of hydrogen-bond acceptors (Lipinski definition) is 4. The Hall–Kier alpha value is -1.54. The largest absolute Gasteiger partial charge is 0.480 e. The van der Waals surface area contributed by atoms with E-state index in [0.29, 0.717) is 4.31 Å². The number of hydrogen-bond donors (Lipinski definition) is 1. The molecule has 106 valence electrons.